The van der Waals surface area contributed by atoms with Gasteiger partial charge in [0.2, 0.25) is 0 Å². The third kappa shape index (κ3) is 4.14. The summed E-state index contributed by atoms with van der Waals surface area (Å²) in [6, 6.07) is 12.3. The molecule has 0 aliphatic carbocycles. The molecule has 11 heteroatoms. The minimum absolute atomic E-state index is 0.154. The van der Waals surface area contributed by atoms with Gasteiger partial charge in [-0.15, -0.1) is 10.7 Å². The molecule has 0 spiro atoms. The van der Waals surface area contributed by atoms with Crippen molar-refractivity contribution in [2.75, 3.05) is 0 Å². The van der Waals surface area contributed by atoms with E-state index >= 15 is 0 Å². The average Bonchev–Trinajstić information content (AvgIpc) is 2.54. The average molecular weight is 368 g/mol. The summed E-state index contributed by atoms with van der Waals surface area (Å²) in [5.74, 6) is 0.433. The smallest absolute Gasteiger partial charge is 0.286 e. The molecule has 0 heterocycles. The summed E-state index contributed by atoms with van der Waals surface area (Å²) in [7, 11) is -6.17. The molecule has 2 rings (SSSR count). The fraction of sp³-hybridized carbons (Fsp3) is 0. The lowest BCUT2D eigenvalue weighted by atomic mass is 10.3. The zero-order valence-corrected chi connectivity index (χ0v) is 13.5. The van der Waals surface area contributed by atoms with Crippen LogP contribution in [0.4, 0.5) is 5.69 Å². The van der Waals surface area contributed by atoms with Crippen LogP contribution >= 0.6 is 0 Å². The van der Waals surface area contributed by atoms with Crippen LogP contribution < -0.4 is 0 Å². The largest absolute Gasteiger partial charge is 0.294 e. The van der Waals surface area contributed by atoms with Gasteiger partial charge in [0.05, 0.1) is 14.7 Å². The Balaban J connectivity index is 2.63. The number of nitro benzene ring substituents is 1. The van der Waals surface area contributed by atoms with Crippen LogP contribution in [0.3, 0.4) is 0 Å². The summed E-state index contributed by atoms with van der Waals surface area (Å²) in [5, 5.41) is 21.9. The van der Waals surface area contributed by atoms with E-state index in [1.807, 2.05) is 0 Å². The Kier molecular flexibility index (Phi) is 5.26. The van der Waals surface area contributed by atoms with Crippen LogP contribution in [0.5, 0.6) is 0 Å². The van der Waals surface area contributed by atoms with E-state index in [0.717, 1.165) is 6.07 Å². The normalized spacial score (nSPS) is 12.5. The third-order valence-corrected chi connectivity index (χ3v) is 6.16. The van der Waals surface area contributed by atoms with Gasteiger partial charge in [0, 0.05) is 11.9 Å². The highest BCUT2D eigenvalue weighted by molar-refractivity contribution is 8.01. The van der Waals surface area contributed by atoms with E-state index in [1.165, 1.54) is 42.5 Å². The molecule has 0 amide bonds. The maximum absolute atomic E-state index is 12.3. The molecule has 9 nitrogen and oxygen atoms in total. The Morgan fingerprint density at radius 1 is 0.958 bits per heavy atom. The second-order valence-corrected chi connectivity index (χ2v) is 7.59. The molecule has 2 aromatic carbocycles. The maximum atomic E-state index is 12.3. The van der Waals surface area contributed by atoms with Crippen molar-refractivity contribution in [1.29, 1.82) is 0 Å². The van der Waals surface area contributed by atoms with Crippen LogP contribution in [0, 0.1) is 26.1 Å². The van der Waals surface area contributed by atoms with E-state index in [0.29, 0.717) is 5.88 Å². The Morgan fingerprint density at radius 2 is 1.54 bits per heavy atom. The van der Waals surface area contributed by atoms with Gasteiger partial charge in [0.1, 0.15) is 0 Å². The van der Waals surface area contributed by atoms with Gasteiger partial charge in [-0.3, -0.25) is 20.2 Å². The van der Waals surface area contributed by atoms with E-state index in [2.05, 4.69) is 3.77 Å². The molecule has 0 radical (unpaired) electrons. The summed E-state index contributed by atoms with van der Waals surface area (Å²) >= 11 is 0. The summed E-state index contributed by atoms with van der Waals surface area (Å²) < 4.78 is 28.1. The van der Waals surface area contributed by atoms with Crippen LogP contribution in [-0.2, 0) is 20.7 Å². The van der Waals surface area contributed by atoms with Gasteiger partial charge < -0.3 is 0 Å². The quantitative estimate of drug-likeness (QED) is 0.437. The first-order valence-electron chi connectivity index (χ1n) is 6.29. The minimum Gasteiger partial charge on any atom is -0.294 e. The molecule has 126 valence electrons. The van der Waals surface area contributed by atoms with E-state index in [1.54, 1.807) is 6.07 Å². The third-order valence-electron chi connectivity index (χ3n) is 2.69. The van der Waals surface area contributed by atoms with Gasteiger partial charge in [-0.05, 0) is 18.2 Å². The lowest BCUT2D eigenvalue weighted by molar-refractivity contribution is -0.419. The van der Waals surface area contributed by atoms with Gasteiger partial charge in [-0.25, -0.2) is 0 Å². The lowest BCUT2D eigenvalue weighted by Crippen LogP contribution is -2.07. The minimum atomic E-state index is -4.22. The van der Waals surface area contributed by atoms with Crippen LogP contribution in [0.2, 0.25) is 0 Å². The molecule has 0 fully saturated rings. The summed E-state index contributed by atoms with van der Waals surface area (Å²) in [4.78, 5) is 20.0. The van der Waals surface area contributed by atoms with E-state index in [-0.39, 0.29) is 9.79 Å². The van der Waals surface area contributed by atoms with Crippen molar-refractivity contribution >= 4 is 26.4 Å². The van der Waals surface area contributed by atoms with Gasteiger partial charge in [-0.1, -0.05) is 35.3 Å². The van der Waals surface area contributed by atoms with Gasteiger partial charge >= 0.3 is 0 Å². The molecule has 0 aliphatic rings. The Labute approximate surface area is 139 Å². The van der Waals surface area contributed by atoms with Crippen molar-refractivity contribution in [2.45, 2.75) is 9.79 Å². The molecule has 0 aliphatic heterocycles. The first kappa shape index (κ1) is 17.6. The van der Waals surface area contributed by atoms with Crippen LogP contribution in [-0.4, -0.2) is 18.3 Å². The molecule has 0 saturated heterocycles. The monoisotopic (exact) mass is 368 g/mol. The van der Waals surface area contributed by atoms with Crippen LogP contribution in [0.25, 0.3) is 0 Å². The topological polar surface area (TPSA) is 133 Å². The Hall–Kier alpha value is -2.79. The highest BCUT2D eigenvalue weighted by Crippen LogP contribution is 2.26. The predicted octanol–water partition coefficient (Wildman–Crippen LogP) is 2.54. The van der Waals surface area contributed by atoms with Crippen molar-refractivity contribution in [3.05, 3.63) is 80.7 Å². The van der Waals surface area contributed by atoms with Gasteiger partial charge in [0.15, 0.2) is 0 Å². The fourth-order valence-electron chi connectivity index (χ4n) is 1.72. The summed E-state index contributed by atoms with van der Waals surface area (Å²) in [6.07, 6.45) is 0. The number of benzene rings is 2. The second-order valence-electron chi connectivity index (χ2n) is 4.29. The van der Waals surface area contributed by atoms with Crippen molar-refractivity contribution in [3.8, 4) is 0 Å². The molecule has 2 aromatic rings. The SMILES string of the molecule is O=[N+]([O-])[CH-]/S(=N\S(=O)(=O)c1ccccc1)c1ccccc1[N+](=O)[O-]. The highest BCUT2D eigenvalue weighted by Gasteiger charge is 2.18. The first-order valence-corrected chi connectivity index (χ1v) is 8.98. The van der Waals surface area contributed by atoms with E-state index in [9.17, 15) is 28.6 Å². The molecule has 1 atom stereocenters. The van der Waals surface area contributed by atoms with Gasteiger partial charge in [-0.2, -0.15) is 12.2 Å². The number of hydrogen-bond donors (Lipinski definition) is 0. The number of para-hydroxylation sites is 1. The Bertz CT molecular complexity index is 912. The van der Waals surface area contributed by atoms with Crippen molar-refractivity contribution in [1.82, 2.24) is 0 Å². The summed E-state index contributed by atoms with van der Waals surface area (Å²) in [5.41, 5.74) is -0.439. The number of nitro groups is 2. The zero-order valence-electron chi connectivity index (χ0n) is 11.9. The van der Waals surface area contributed by atoms with Gasteiger partial charge in [0.25, 0.3) is 15.7 Å². The van der Waals surface area contributed by atoms with Crippen LogP contribution in [0.1, 0.15) is 0 Å². The second kappa shape index (κ2) is 7.19. The highest BCUT2D eigenvalue weighted by atomic mass is 32.3. The fourth-order valence-corrected chi connectivity index (χ4v) is 4.74. The van der Waals surface area contributed by atoms with Crippen molar-refractivity contribution in [3.63, 3.8) is 0 Å². The predicted molar refractivity (Wildman–Crippen MR) is 86.1 cm³/mol. The lowest BCUT2D eigenvalue weighted by Gasteiger charge is -2.12. The molecule has 0 saturated carbocycles. The number of hydrogen-bond acceptors (Lipinski definition) is 6. The first-order chi connectivity index (χ1) is 11.3. The zero-order chi connectivity index (χ0) is 17.7. The summed E-state index contributed by atoms with van der Waals surface area (Å²) in [6.45, 7) is 0. The van der Waals surface area contributed by atoms with Crippen LogP contribution in [0.15, 0.2) is 68.2 Å². The molecule has 0 bridgehead atoms. The van der Waals surface area contributed by atoms with E-state index < -0.39 is 36.2 Å². The molecule has 1 unspecified atom stereocenters. The Morgan fingerprint density at radius 3 is 2.12 bits per heavy atom. The molecular weight excluding hydrogens is 358 g/mol. The maximum Gasteiger partial charge on any atom is 0.286 e. The molecule has 0 N–H and O–H groups in total. The number of nitrogens with zero attached hydrogens (tertiary/aromatic N) is 3. The number of sulfonamides is 1. The van der Waals surface area contributed by atoms with E-state index in [4.69, 9.17) is 0 Å². The van der Waals surface area contributed by atoms with Crippen molar-refractivity contribution in [2.24, 2.45) is 3.77 Å². The van der Waals surface area contributed by atoms with Crippen molar-refractivity contribution < 1.29 is 18.3 Å². The molecular formula is C13H10N3O6S2-. The molecule has 24 heavy (non-hydrogen) atoms. The molecule has 0 aromatic heterocycles. The number of rotatable bonds is 6. The standard InChI is InChI=1S/C13H10N3O6S2/c17-15(18)10-23(13-9-5-4-8-12(13)16(19)20)14-24(21,22)11-6-2-1-3-7-11/h1-10H/q-1.